The lowest BCUT2D eigenvalue weighted by Crippen LogP contribution is -2.63. The van der Waals surface area contributed by atoms with Gasteiger partial charge in [-0.2, -0.15) is 0 Å². The number of aromatic nitrogens is 1. The molecule has 0 saturated carbocycles. The third-order valence-electron chi connectivity index (χ3n) is 7.26. The van der Waals surface area contributed by atoms with Gasteiger partial charge in [-0.3, -0.25) is 4.98 Å². The quantitative estimate of drug-likeness (QED) is 0.847. The van der Waals surface area contributed by atoms with Gasteiger partial charge in [0.05, 0.1) is 30.6 Å². The van der Waals surface area contributed by atoms with Crippen molar-refractivity contribution >= 4 is 5.69 Å². The van der Waals surface area contributed by atoms with E-state index in [0.29, 0.717) is 12.1 Å². The van der Waals surface area contributed by atoms with Crippen molar-refractivity contribution in [2.45, 2.75) is 44.4 Å². The molecule has 3 atom stereocenters. The zero-order chi connectivity index (χ0) is 20.2. The van der Waals surface area contributed by atoms with Gasteiger partial charge in [0, 0.05) is 36.8 Å². The molecule has 29 heavy (non-hydrogen) atoms. The molecule has 3 fully saturated rings. The van der Waals surface area contributed by atoms with E-state index < -0.39 is 5.60 Å². The van der Waals surface area contributed by atoms with Crippen molar-refractivity contribution in [1.82, 2.24) is 9.88 Å². The number of likely N-dealkylation sites (tertiary alicyclic amines) is 1. The maximum atomic E-state index is 12.3. The summed E-state index contributed by atoms with van der Waals surface area (Å²) in [6, 6.07) is 11.1. The summed E-state index contributed by atoms with van der Waals surface area (Å²) in [6.07, 6.45) is 6.21. The summed E-state index contributed by atoms with van der Waals surface area (Å²) in [5, 5.41) is 12.3. The second kappa shape index (κ2) is 6.79. The average molecular weight is 394 g/mol. The Kier molecular flexibility index (Phi) is 4.46. The van der Waals surface area contributed by atoms with Crippen LogP contribution in [0.5, 0.6) is 0 Å². The predicted molar refractivity (Wildman–Crippen MR) is 114 cm³/mol. The molecular weight excluding hydrogens is 362 g/mol. The third-order valence-corrected chi connectivity index (χ3v) is 7.26. The van der Waals surface area contributed by atoms with Gasteiger partial charge < -0.3 is 19.6 Å². The highest BCUT2D eigenvalue weighted by atomic mass is 16.5. The highest BCUT2D eigenvalue weighted by molar-refractivity contribution is 5.53. The topological polar surface area (TPSA) is 48.8 Å². The Labute approximate surface area is 173 Å². The van der Waals surface area contributed by atoms with Crippen LogP contribution in [0, 0.1) is 5.41 Å². The van der Waals surface area contributed by atoms with Gasteiger partial charge in [0.1, 0.15) is 5.60 Å². The van der Waals surface area contributed by atoms with Crippen LogP contribution in [0.3, 0.4) is 0 Å². The van der Waals surface area contributed by atoms with E-state index in [0.717, 1.165) is 55.9 Å². The first-order valence-corrected chi connectivity index (χ1v) is 10.8. The smallest absolute Gasteiger partial charge is 0.124 e. The number of ether oxygens (including phenoxy) is 1. The highest BCUT2D eigenvalue weighted by Crippen LogP contribution is 2.50. The summed E-state index contributed by atoms with van der Waals surface area (Å²) in [5.41, 5.74) is 2.88. The number of pyridine rings is 1. The molecule has 3 aliphatic rings. The van der Waals surface area contributed by atoms with Crippen molar-refractivity contribution in [2.75, 3.05) is 38.2 Å². The van der Waals surface area contributed by atoms with Crippen LogP contribution < -0.4 is 4.90 Å². The number of rotatable bonds is 5. The van der Waals surface area contributed by atoms with Crippen LogP contribution in [0.4, 0.5) is 5.69 Å². The van der Waals surface area contributed by atoms with E-state index in [1.807, 2.05) is 12.4 Å². The first kappa shape index (κ1) is 19.0. The van der Waals surface area contributed by atoms with Crippen molar-refractivity contribution in [3.8, 4) is 0 Å². The minimum Gasteiger partial charge on any atom is -0.380 e. The van der Waals surface area contributed by atoms with Crippen molar-refractivity contribution in [2.24, 2.45) is 5.41 Å². The monoisotopic (exact) mass is 393 g/mol. The maximum Gasteiger partial charge on any atom is 0.124 e. The summed E-state index contributed by atoms with van der Waals surface area (Å²) in [5.74, 6) is 0. The Morgan fingerprint density at radius 3 is 2.55 bits per heavy atom. The Morgan fingerprint density at radius 2 is 1.97 bits per heavy atom. The third kappa shape index (κ3) is 2.90. The van der Waals surface area contributed by atoms with Crippen LogP contribution >= 0.6 is 0 Å². The predicted octanol–water partition coefficient (Wildman–Crippen LogP) is 2.81. The van der Waals surface area contributed by atoms with Crippen LogP contribution in [-0.4, -0.2) is 60.4 Å². The standard InChI is InChI=1S/C24H31N3O2/c1-4-17-5-7-18(8-6-17)24(28,23(2)15-26(3)16-23)19-9-20(12-25-11-19)27-13-22-10-21(27)14-29-22/h5-9,11-12,21-22,28H,4,10,13-16H2,1-3H3/t21-,22-,24-/m0/s1. The lowest BCUT2D eigenvalue weighted by molar-refractivity contribution is -0.127. The summed E-state index contributed by atoms with van der Waals surface area (Å²) < 4.78 is 5.77. The van der Waals surface area contributed by atoms with Gasteiger partial charge in [0.15, 0.2) is 0 Å². The number of aliphatic hydroxyl groups is 1. The van der Waals surface area contributed by atoms with Gasteiger partial charge in [-0.05, 0) is 37.1 Å². The van der Waals surface area contributed by atoms with E-state index in [-0.39, 0.29) is 5.41 Å². The van der Waals surface area contributed by atoms with Crippen LogP contribution in [0.25, 0.3) is 0 Å². The van der Waals surface area contributed by atoms with Crippen LogP contribution in [0.15, 0.2) is 42.7 Å². The normalized spacial score (nSPS) is 27.7. The molecule has 1 aromatic heterocycles. The molecule has 0 amide bonds. The highest BCUT2D eigenvalue weighted by Gasteiger charge is 2.55. The summed E-state index contributed by atoms with van der Waals surface area (Å²) in [6.45, 7) is 7.76. The lowest BCUT2D eigenvalue weighted by Gasteiger charge is -2.56. The summed E-state index contributed by atoms with van der Waals surface area (Å²) in [4.78, 5) is 9.24. The fraction of sp³-hybridized carbons (Fsp3) is 0.542. The minimum absolute atomic E-state index is 0.261. The molecule has 2 aromatic rings. The Bertz CT molecular complexity index is 893. The molecule has 0 aliphatic carbocycles. The molecular formula is C24H31N3O2. The number of anilines is 1. The minimum atomic E-state index is -1.08. The second-order valence-corrected chi connectivity index (χ2v) is 9.42. The number of hydrogen-bond acceptors (Lipinski definition) is 5. The number of fused-ring (bicyclic) bond motifs is 2. The fourth-order valence-corrected chi connectivity index (χ4v) is 5.72. The van der Waals surface area contributed by atoms with Crippen molar-refractivity contribution in [1.29, 1.82) is 0 Å². The largest absolute Gasteiger partial charge is 0.380 e. The van der Waals surface area contributed by atoms with Crippen LogP contribution in [-0.2, 0) is 16.8 Å². The van der Waals surface area contributed by atoms with Gasteiger partial charge in [0.25, 0.3) is 0 Å². The molecule has 3 aliphatic heterocycles. The first-order valence-electron chi connectivity index (χ1n) is 10.8. The molecule has 1 aromatic carbocycles. The Morgan fingerprint density at radius 1 is 1.21 bits per heavy atom. The van der Waals surface area contributed by atoms with E-state index in [2.05, 4.69) is 66.0 Å². The van der Waals surface area contributed by atoms with Crippen molar-refractivity contribution in [3.63, 3.8) is 0 Å². The molecule has 0 spiro atoms. The zero-order valence-electron chi connectivity index (χ0n) is 17.6. The fourth-order valence-electron chi connectivity index (χ4n) is 5.72. The van der Waals surface area contributed by atoms with E-state index in [1.54, 1.807) is 0 Å². The van der Waals surface area contributed by atoms with E-state index in [1.165, 1.54) is 5.56 Å². The molecule has 1 N–H and O–H groups in total. The molecule has 0 radical (unpaired) electrons. The summed E-state index contributed by atoms with van der Waals surface area (Å²) >= 11 is 0. The van der Waals surface area contributed by atoms with Crippen LogP contribution in [0.2, 0.25) is 0 Å². The Balaban J connectivity index is 1.57. The van der Waals surface area contributed by atoms with Gasteiger partial charge in [0.2, 0.25) is 0 Å². The maximum absolute atomic E-state index is 12.3. The zero-order valence-corrected chi connectivity index (χ0v) is 17.6. The van der Waals surface area contributed by atoms with Crippen molar-refractivity contribution < 1.29 is 9.84 Å². The van der Waals surface area contributed by atoms with Gasteiger partial charge in [-0.1, -0.05) is 38.1 Å². The lowest BCUT2D eigenvalue weighted by atomic mass is 9.62. The second-order valence-electron chi connectivity index (χ2n) is 9.42. The first-order chi connectivity index (χ1) is 13.9. The number of hydrogen-bond donors (Lipinski definition) is 1. The molecule has 5 rings (SSSR count). The van der Waals surface area contributed by atoms with Gasteiger partial charge in [-0.25, -0.2) is 0 Å². The van der Waals surface area contributed by atoms with E-state index >= 15 is 0 Å². The molecule has 5 nitrogen and oxygen atoms in total. The van der Waals surface area contributed by atoms with E-state index in [9.17, 15) is 5.11 Å². The number of nitrogens with zero attached hydrogens (tertiary/aromatic N) is 3. The summed E-state index contributed by atoms with van der Waals surface area (Å²) in [7, 11) is 2.11. The Hall–Kier alpha value is -1.95. The number of morpholine rings is 1. The molecule has 2 bridgehead atoms. The van der Waals surface area contributed by atoms with Gasteiger partial charge >= 0.3 is 0 Å². The molecule has 4 heterocycles. The number of aryl methyl sites for hydroxylation is 1. The molecule has 5 heteroatoms. The number of benzene rings is 1. The molecule has 154 valence electrons. The SMILES string of the molecule is CCc1ccc([C@](O)(c2cncc(N3C[C@@H]4C[C@H]3CO4)c2)C2(C)CN(C)C2)cc1. The van der Waals surface area contributed by atoms with Crippen molar-refractivity contribution in [3.05, 3.63) is 59.4 Å². The molecule has 0 unspecified atom stereocenters. The molecule has 3 saturated heterocycles. The average Bonchev–Trinajstić information content (AvgIpc) is 3.36. The van der Waals surface area contributed by atoms with Crippen LogP contribution in [0.1, 0.15) is 37.0 Å². The van der Waals surface area contributed by atoms with E-state index in [4.69, 9.17) is 4.74 Å². The van der Waals surface area contributed by atoms with Gasteiger partial charge in [-0.15, -0.1) is 0 Å².